The van der Waals surface area contributed by atoms with E-state index in [1.165, 1.54) is 13.0 Å². The molecule has 1 aromatic carbocycles. The van der Waals surface area contributed by atoms with E-state index in [1.807, 2.05) is 0 Å². The van der Waals surface area contributed by atoms with E-state index >= 15 is 0 Å². The molecule has 2 aliphatic heterocycles. The lowest BCUT2D eigenvalue weighted by Crippen LogP contribution is -2.48. The fourth-order valence-electron chi connectivity index (χ4n) is 3.52. The van der Waals surface area contributed by atoms with Crippen LogP contribution < -0.4 is 5.32 Å². The van der Waals surface area contributed by atoms with E-state index in [0.29, 0.717) is 17.6 Å². The molecule has 2 fully saturated rings. The number of nitrogens with one attached hydrogen (secondary N) is 1. The first-order chi connectivity index (χ1) is 9.95. The van der Waals surface area contributed by atoms with Gasteiger partial charge in [0.15, 0.2) is 0 Å². The molecule has 0 radical (unpaired) electrons. The van der Waals surface area contributed by atoms with Gasteiger partial charge in [-0.15, -0.1) is 0 Å². The number of hydrogen-bond donors (Lipinski definition) is 1. The zero-order chi connectivity index (χ0) is 15.1. The van der Waals surface area contributed by atoms with Gasteiger partial charge in [0.05, 0.1) is 5.56 Å². The number of hydrogen-bond acceptors (Lipinski definition) is 2. The Morgan fingerprint density at radius 3 is 2.43 bits per heavy atom. The number of piperidine rings is 1. The van der Waals surface area contributed by atoms with Crippen LogP contribution in [0.5, 0.6) is 0 Å². The molecule has 2 bridgehead atoms. The van der Waals surface area contributed by atoms with Gasteiger partial charge in [0.25, 0.3) is 5.91 Å². The third kappa shape index (κ3) is 2.67. The van der Waals surface area contributed by atoms with E-state index in [-0.39, 0.29) is 17.5 Å². The highest BCUT2D eigenvalue weighted by atomic mass is 19.1. The molecule has 21 heavy (non-hydrogen) atoms. The van der Waals surface area contributed by atoms with Gasteiger partial charge in [0.2, 0.25) is 0 Å². The predicted molar refractivity (Wildman–Crippen MR) is 76.2 cm³/mol. The van der Waals surface area contributed by atoms with Gasteiger partial charge in [-0.2, -0.15) is 0 Å². The molecule has 0 aliphatic carbocycles. The number of nitrogens with zero attached hydrogens (tertiary/aromatic N) is 1. The third-order valence-corrected chi connectivity index (χ3v) is 4.79. The van der Waals surface area contributed by atoms with Crippen molar-refractivity contribution < 1.29 is 13.6 Å². The number of amides is 1. The minimum Gasteiger partial charge on any atom is -0.339 e. The van der Waals surface area contributed by atoms with Crippen molar-refractivity contribution in [2.75, 3.05) is 7.05 Å². The predicted octanol–water partition coefficient (Wildman–Crippen LogP) is 2.63. The molecule has 3 nitrogen and oxygen atoms in total. The van der Waals surface area contributed by atoms with Crippen LogP contribution in [0.25, 0.3) is 0 Å². The summed E-state index contributed by atoms with van der Waals surface area (Å²) < 4.78 is 27.2. The Morgan fingerprint density at radius 2 is 1.81 bits per heavy atom. The highest BCUT2D eigenvalue weighted by Crippen LogP contribution is 2.30. The number of halogens is 2. The average Bonchev–Trinajstić information content (AvgIpc) is 2.79. The molecule has 2 aliphatic rings. The summed E-state index contributed by atoms with van der Waals surface area (Å²) in [5.74, 6) is -1.76. The molecule has 2 heterocycles. The Balaban J connectivity index is 1.80. The van der Waals surface area contributed by atoms with Crippen LogP contribution in [0.2, 0.25) is 0 Å². The number of benzene rings is 1. The highest BCUT2D eigenvalue weighted by Gasteiger charge is 2.36. The molecule has 0 saturated carbocycles. The summed E-state index contributed by atoms with van der Waals surface area (Å²) in [6.45, 7) is 1.54. The Bertz CT molecular complexity index is 564. The van der Waals surface area contributed by atoms with Crippen molar-refractivity contribution >= 4 is 5.91 Å². The first-order valence-electron chi connectivity index (χ1n) is 7.44. The lowest BCUT2D eigenvalue weighted by atomic mass is 9.97. The van der Waals surface area contributed by atoms with Gasteiger partial charge >= 0.3 is 0 Å². The summed E-state index contributed by atoms with van der Waals surface area (Å²) >= 11 is 0. The molecular formula is C16H20F2N2O. The zero-order valence-corrected chi connectivity index (χ0v) is 12.3. The van der Waals surface area contributed by atoms with E-state index in [1.54, 1.807) is 11.9 Å². The van der Waals surface area contributed by atoms with Gasteiger partial charge in [-0.3, -0.25) is 4.79 Å². The van der Waals surface area contributed by atoms with Crippen LogP contribution in [-0.2, 0) is 0 Å². The summed E-state index contributed by atoms with van der Waals surface area (Å²) in [6, 6.07) is 3.15. The van der Waals surface area contributed by atoms with Gasteiger partial charge < -0.3 is 10.2 Å². The molecule has 2 unspecified atom stereocenters. The fourth-order valence-corrected chi connectivity index (χ4v) is 3.52. The third-order valence-electron chi connectivity index (χ3n) is 4.79. The van der Waals surface area contributed by atoms with Crippen LogP contribution in [0.1, 0.15) is 41.6 Å². The van der Waals surface area contributed by atoms with Crippen LogP contribution >= 0.6 is 0 Å². The Labute approximate surface area is 123 Å². The van der Waals surface area contributed by atoms with Crippen LogP contribution in [-0.4, -0.2) is 36.0 Å². The summed E-state index contributed by atoms with van der Waals surface area (Å²) in [5, 5.41) is 3.52. The van der Waals surface area contributed by atoms with E-state index in [9.17, 15) is 13.6 Å². The van der Waals surface area contributed by atoms with Gasteiger partial charge in [-0.25, -0.2) is 8.78 Å². The van der Waals surface area contributed by atoms with Crippen LogP contribution in [0.3, 0.4) is 0 Å². The van der Waals surface area contributed by atoms with E-state index in [4.69, 9.17) is 0 Å². The molecule has 5 heteroatoms. The fraction of sp³-hybridized carbons (Fsp3) is 0.562. The van der Waals surface area contributed by atoms with Gasteiger partial charge in [-0.1, -0.05) is 0 Å². The minimum atomic E-state index is -0.785. The second-order valence-corrected chi connectivity index (χ2v) is 6.26. The number of carbonyl (C=O) groups is 1. The first kappa shape index (κ1) is 14.4. The van der Waals surface area contributed by atoms with Crippen molar-refractivity contribution in [1.82, 2.24) is 10.2 Å². The lowest BCUT2D eigenvalue weighted by Gasteiger charge is -2.35. The molecule has 114 valence electrons. The Kier molecular flexibility index (Phi) is 3.69. The number of rotatable bonds is 2. The summed E-state index contributed by atoms with van der Waals surface area (Å²) in [6.07, 6.45) is 4.10. The standard InChI is InChI=1S/C16H20F2N2O/c1-9-5-13(15(18)8-14(9)17)16(21)20(2)12-6-10-3-4-11(7-12)19-10/h5,8,10-12,19H,3-4,6-7H2,1-2H3. The first-order valence-corrected chi connectivity index (χ1v) is 7.44. The molecule has 0 spiro atoms. The zero-order valence-electron chi connectivity index (χ0n) is 12.3. The monoisotopic (exact) mass is 294 g/mol. The second kappa shape index (κ2) is 5.37. The van der Waals surface area contributed by atoms with Crippen LogP contribution in [0, 0.1) is 18.6 Å². The summed E-state index contributed by atoms with van der Waals surface area (Å²) in [7, 11) is 1.72. The maximum Gasteiger partial charge on any atom is 0.256 e. The Morgan fingerprint density at radius 1 is 1.19 bits per heavy atom. The van der Waals surface area contributed by atoms with Crippen molar-refractivity contribution in [2.45, 2.75) is 50.7 Å². The normalized spacial score (nSPS) is 27.7. The minimum absolute atomic E-state index is 0.0396. The van der Waals surface area contributed by atoms with Gasteiger partial charge in [-0.05, 0) is 44.2 Å². The molecule has 0 aromatic heterocycles. The van der Waals surface area contributed by atoms with Crippen molar-refractivity contribution in [3.8, 4) is 0 Å². The maximum atomic E-state index is 13.9. The Hall–Kier alpha value is -1.49. The SMILES string of the molecule is Cc1cc(C(=O)N(C)C2CC3CCC(C2)N3)c(F)cc1F. The van der Waals surface area contributed by atoms with E-state index < -0.39 is 11.6 Å². The number of carbonyl (C=O) groups excluding carboxylic acids is 1. The second-order valence-electron chi connectivity index (χ2n) is 6.26. The number of aryl methyl sites for hydroxylation is 1. The van der Waals surface area contributed by atoms with Crippen molar-refractivity contribution in [1.29, 1.82) is 0 Å². The summed E-state index contributed by atoms with van der Waals surface area (Å²) in [4.78, 5) is 14.1. The van der Waals surface area contributed by atoms with Crippen molar-refractivity contribution in [3.63, 3.8) is 0 Å². The smallest absolute Gasteiger partial charge is 0.256 e. The van der Waals surface area contributed by atoms with Gasteiger partial charge in [0.1, 0.15) is 11.6 Å². The number of fused-ring (bicyclic) bond motifs is 2. The summed E-state index contributed by atoms with van der Waals surface area (Å²) in [5.41, 5.74) is 0.251. The van der Waals surface area contributed by atoms with Gasteiger partial charge in [0, 0.05) is 31.2 Å². The molecule has 1 aromatic rings. The highest BCUT2D eigenvalue weighted by molar-refractivity contribution is 5.94. The largest absolute Gasteiger partial charge is 0.339 e. The molecular weight excluding hydrogens is 274 g/mol. The molecule has 2 atom stereocenters. The lowest BCUT2D eigenvalue weighted by molar-refractivity contribution is 0.0677. The van der Waals surface area contributed by atoms with Crippen LogP contribution in [0.4, 0.5) is 8.78 Å². The molecule has 1 N–H and O–H groups in total. The van der Waals surface area contributed by atoms with Crippen molar-refractivity contribution in [2.24, 2.45) is 0 Å². The molecule has 2 saturated heterocycles. The molecule has 1 amide bonds. The van der Waals surface area contributed by atoms with E-state index in [0.717, 1.165) is 31.7 Å². The van der Waals surface area contributed by atoms with Crippen LogP contribution in [0.15, 0.2) is 12.1 Å². The topological polar surface area (TPSA) is 32.3 Å². The molecule has 3 rings (SSSR count). The maximum absolute atomic E-state index is 13.9. The van der Waals surface area contributed by atoms with Crippen molar-refractivity contribution in [3.05, 3.63) is 34.9 Å². The average molecular weight is 294 g/mol. The quantitative estimate of drug-likeness (QED) is 0.909. The van der Waals surface area contributed by atoms with E-state index in [2.05, 4.69) is 5.32 Å².